The first-order valence-corrected chi connectivity index (χ1v) is 15.0. The molecule has 2 aromatic rings. The topological polar surface area (TPSA) is 95.9 Å². The van der Waals surface area contributed by atoms with Crippen molar-refractivity contribution in [3.63, 3.8) is 0 Å². The van der Waals surface area contributed by atoms with Crippen molar-refractivity contribution in [1.82, 2.24) is 5.32 Å². The minimum absolute atomic E-state index is 0.209. The maximum atomic E-state index is 12.7. The lowest BCUT2D eigenvalue weighted by Gasteiger charge is -2.21. The number of aliphatic hydroxyl groups is 1. The lowest BCUT2D eigenvalue weighted by Crippen LogP contribution is -2.48. The smallest absolute Gasteiger partial charge is 0.334 e. The predicted molar refractivity (Wildman–Crippen MR) is 157 cm³/mol. The molecule has 2 atom stereocenters. The number of carbonyl (C=O) groups is 2. The summed E-state index contributed by atoms with van der Waals surface area (Å²) in [6.45, 7) is 2.91. The third-order valence-corrected chi connectivity index (χ3v) is 7.13. The van der Waals surface area contributed by atoms with E-state index in [1.165, 1.54) is 77.0 Å². The molecule has 0 bridgehead atoms. The summed E-state index contributed by atoms with van der Waals surface area (Å²) in [6.07, 6.45) is 17.0. The molecule has 1 amide bonds. The van der Waals surface area contributed by atoms with Gasteiger partial charge in [0.15, 0.2) is 6.10 Å². The number of carbonyl (C=O) groups excluding carboxylic acids is 1. The van der Waals surface area contributed by atoms with Gasteiger partial charge in [0.05, 0.1) is 12.6 Å². The van der Waals surface area contributed by atoms with Crippen molar-refractivity contribution in [3.05, 3.63) is 65.7 Å². The van der Waals surface area contributed by atoms with E-state index in [4.69, 9.17) is 4.74 Å². The Kier molecular flexibility index (Phi) is 16.7. The standard InChI is InChI=1S/C33H49NO5/c1-2-3-4-5-6-7-8-9-10-11-12-13-14-18-25-39-29-23-21-28(22-24-29)32(36)34-30(31(35)33(37)38)26-27-19-16-15-17-20-27/h15-17,19-24,30-31,35H,2-14,18,25-26H2,1H3,(H,34,36)(H,37,38)/t30-,31-/m0/s1. The Morgan fingerprint density at radius 3 is 1.77 bits per heavy atom. The average molecular weight is 540 g/mol. The van der Waals surface area contributed by atoms with Gasteiger partial charge in [-0.15, -0.1) is 0 Å². The third-order valence-electron chi connectivity index (χ3n) is 7.13. The van der Waals surface area contributed by atoms with E-state index in [0.717, 1.165) is 18.4 Å². The largest absolute Gasteiger partial charge is 0.494 e. The number of rotatable bonds is 22. The summed E-state index contributed by atoms with van der Waals surface area (Å²) in [5.41, 5.74) is 1.21. The molecule has 6 heteroatoms. The van der Waals surface area contributed by atoms with E-state index in [9.17, 15) is 19.8 Å². The summed E-state index contributed by atoms with van der Waals surface area (Å²) in [7, 11) is 0. The van der Waals surface area contributed by atoms with Crippen molar-refractivity contribution in [2.45, 2.75) is 115 Å². The van der Waals surface area contributed by atoms with E-state index in [1.807, 2.05) is 30.3 Å². The fourth-order valence-electron chi connectivity index (χ4n) is 4.72. The highest BCUT2D eigenvalue weighted by Crippen LogP contribution is 2.16. The third kappa shape index (κ3) is 14.2. The van der Waals surface area contributed by atoms with Crippen LogP contribution in [0.1, 0.15) is 113 Å². The Labute approximate surface area is 235 Å². The Bertz CT molecular complexity index is 915. The van der Waals surface area contributed by atoms with Crippen LogP contribution in [0, 0.1) is 0 Å². The number of hydrogen-bond donors (Lipinski definition) is 3. The first-order chi connectivity index (χ1) is 19.0. The van der Waals surface area contributed by atoms with Crippen LogP contribution in [0.25, 0.3) is 0 Å². The molecule has 0 aliphatic heterocycles. The number of aliphatic hydroxyl groups excluding tert-OH is 1. The van der Waals surface area contributed by atoms with Gasteiger partial charge in [-0.1, -0.05) is 121 Å². The first-order valence-electron chi connectivity index (χ1n) is 15.0. The van der Waals surface area contributed by atoms with E-state index < -0.39 is 24.0 Å². The molecule has 2 aromatic carbocycles. The molecule has 39 heavy (non-hydrogen) atoms. The molecule has 0 radical (unpaired) electrons. The molecular weight excluding hydrogens is 490 g/mol. The number of ether oxygens (including phenoxy) is 1. The van der Waals surface area contributed by atoms with Crippen LogP contribution in [0.4, 0.5) is 0 Å². The van der Waals surface area contributed by atoms with E-state index in [2.05, 4.69) is 12.2 Å². The number of carboxylic acids is 1. The molecule has 0 spiro atoms. The van der Waals surface area contributed by atoms with Gasteiger partial charge in [0.2, 0.25) is 0 Å². The van der Waals surface area contributed by atoms with Crippen molar-refractivity contribution in [2.24, 2.45) is 0 Å². The molecular formula is C33H49NO5. The molecule has 0 saturated heterocycles. The van der Waals surface area contributed by atoms with Gasteiger partial charge in [0, 0.05) is 5.56 Å². The summed E-state index contributed by atoms with van der Waals surface area (Å²) in [4.78, 5) is 24.1. The van der Waals surface area contributed by atoms with Crippen LogP contribution in [-0.4, -0.2) is 40.8 Å². The molecule has 2 rings (SSSR count). The van der Waals surface area contributed by atoms with Gasteiger partial charge in [-0.3, -0.25) is 4.79 Å². The lowest BCUT2D eigenvalue weighted by molar-refractivity contribution is -0.148. The van der Waals surface area contributed by atoms with Crippen molar-refractivity contribution in [1.29, 1.82) is 0 Å². The van der Waals surface area contributed by atoms with Crippen LogP contribution < -0.4 is 10.1 Å². The maximum absolute atomic E-state index is 12.7. The summed E-state index contributed by atoms with van der Waals surface area (Å²) < 4.78 is 5.83. The van der Waals surface area contributed by atoms with Crippen LogP contribution in [0.3, 0.4) is 0 Å². The number of amides is 1. The zero-order valence-electron chi connectivity index (χ0n) is 23.8. The Hall–Kier alpha value is -2.86. The molecule has 0 unspecified atom stereocenters. The number of unbranched alkanes of at least 4 members (excludes halogenated alkanes) is 13. The Balaban J connectivity index is 1.59. The second-order valence-corrected chi connectivity index (χ2v) is 10.5. The van der Waals surface area contributed by atoms with Crippen LogP contribution in [-0.2, 0) is 11.2 Å². The number of hydrogen-bond acceptors (Lipinski definition) is 4. The summed E-state index contributed by atoms with van der Waals surface area (Å²) in [5, 5.41) is 22.1. The van der Waals surface area contributed by atoms with E-state index in [0.29, 0.717) is 17.9 Å². The van der Waals surface area contributed by atoms with Crippen molar-refractivity contribution >= 4 is 11.9 Å². The molecule has 0 aliphatic carbocycles. The summed E-state index contributed by atoms with van der Waals surface area (Å²) in [5.74, 6) is -1.11. The predicted octanol–water partition coefficient (Wildman–Crippen LogP) is 7.33. The maximum Gasteiger partial charge on any atom is 0.334 e. The quantitative estimate of drug-likeness (QED) is 0.136. The molecule has 0 saturated carbocycles. The van der Waals surface area contributed by atoms with Gasteiger partial charge in [0.1, 0.15) is 5.75 Å². The minimum Gasteiger partial charge on any atom is -0.494 e. The molecule has 0 aromatic heterocycles. The fourth-order valence-corrected chi connectivity index (χ4v) is 4.72. The van der Waals surface area contributed by atoms with E-state index in [-0.39, 0.29) is 6.42 Å². The number of benzene rings is 2. The molecule has 6 nitrogen and oxygen atoms in total. The van der Waals surface area contributed by atoms with Gasteiger partial charge in [0.25, 0.3) is 5.91 Å². The van der Waals surface area contributed by atoms with Gasteiger partial charge < -0.3 is 20.3 Å². The molecule has 3 N–H and O–H groups in total. The normalized spacial score (nSPS) is 12.6. The highest BCUT2D eigenvalue weighted by atomic mass is 16.5. The zero-order chi connectivity index (χ0) is 28.1. The molecule has 0 aliphatic rings. The highest BCUT2D eigenvalue weighted by Gasteiger charge is 2.27. The lowest BCUT2D eigenvalue weighted by atomic mass is 10.0. The van der Waals surface area contributed by atoms with Gasteiger partial charge in [-0.25, -0.2) is 4.79 Å². The number of aliphatic carboxylic acids is 1. The van der Waals surface area contributed by atoms with E-state index in [1.54, 1.807) is 24.3 Å². The molecule has 216 valence electrons. The van der Waals surface area contributed by atoms with Gasteiger partial charge >= 0.3 is 5.97 Å². The van der Waals surface area contributed by atoms with Crippen LogP contribution in [0.2, 0.25) is 0 Å². The zero-order valence-corrected chi connectivity index (χ0v) is 23.8. The van der Waals surface area contributed by atoms with Crippen LogP contribution in [0.5, 0.6) is 5.75 Å². The monoisotopic (exact) mass is 539 g/mol. The molecule has 0 heterocycles. The number of carboxylic acid groups (broad SMARTS) is 1. The number of nitrogens with one attached hydrogen (secondary N) is 1. The Morgan fingerprint density at radius 2 is 1.26 bits per heavy atom. The summed E-state index contributed by atoms with van der Waals surface area (Å²) >= 11 is 0. The fraction of sp³-hybridized carbons (Fsp3) is 0.576. The van der Waals surface area contributed by atoms with E-state index >= 15 is 0 Å². The van der Waals surface area contributed by atoms with Crippen molar-refractivity contribution in [2.75, 3.05) is 6.61 Å². The highest BCUT2D eigenvalue weighted by molar-refractivity contribution is 5.95. The van der Waals surface area contributed by atoms with Gasteiger partial charge in [-0.2, -0.15) is 0 Å². The second kappa shape index (κ2) is 20.1. The van der Waals surface area contributed by atoms with Gasteiger partial charge in [-0.05, 0) is 42.7 Å². The first kappa shape index (κ1) is 32.4. The minimum atomic E-state index is -1.71. The summed E-state index contributed by atoms with van der Waals surface area (Å²) in [6, 6.07) is 15.0. The van der Waals surface area contributed by atoms with Crippen molar-refractivity contribution in [3.8, 4) is 5.75 Å². The Morgan fingerprint density at radius 1 is 0.744 bits per heavy atom. The average Bonchev–Trinajstić information content (AvgIpc) is 2.95. The van der Waals surface area contributed by atoms with Crippen molar-refractivity contribution < 1.29 is 24.5 Å². The van der Waals surface area contributed by atoms with Crippen LogP contribution in [0.15, 0.2) is 54.6 Å². The second-order valence-electron chi connectivity index (χ2n) is 10.5. The SMILES string of the molecule is CCCCCCCCCCCCCCCCOc1ccc(C(=O)N[C@@H](Cc2ccccc2)[C@H](O)C(=O)O)cc1. The van der Waals surface area contributed by atoms with Crippen LogP contribution >= 0.6 is 0 Å². The molecule has 0 fully saturated rings.